The third kappa shape index (κ3) is 3.89. The van der Waals surface area contributed by atoms with Crippen LogP contribution in [0.3, 0.4) is 0 Å². The van der Waals surface area contributed by atoms with Crippen LogP contribution in [0.1, 0.15) is 23.0 Å². The number of rotatable bonds is 5. The fraction of sp³-hybridized carbons (Fsp3) is 0.353. The number of hydrogen-bond acceptors (Lipinski definition) is 7. The molecule has 24 heavy (non-hydrogen) atoms. The van der Waals surface area contributed by atoms with Gasteiger partial charge in [0.25, 0.3) is 0 Å². The van der Waals surface area contributed by atoms with Gasteiger partial charge in [0.05, 0.1) is 25.0 Å². The molecule has 0 saturated carbocycles. The summed E-state index contributed by atoms with van der Waals surface area (Å²) in [6.45, 7) is 3.13. The van der Waals surface area contributed by atoms with Gasteiger partial charge < -0.3 is 9.47 Å². The van der Waals surface area contributed by atoms with E-state index in [1.165, 1.54) is 23.1 Å². The van der Waals surface area contributed by atoms with Crippen molar-refractivity contribution in [2.45, 2.75) is 24.2 Å². The van der Waals surface area contributed by atoms with Crippen LogP contribution in [0.2, 0.25) is 0 Å². The van der Waals surface area contributed by atoms with Gasteiger partial charge in [0, 0.05) is 22.4 Å². The van der Waals surface area contributed by atoms with Gasteiger partial charge in [-0.2, -0.15) is 5.26 Å². The Hall–Kier alpha value is -2.04. The predicted octanol–water partition coefficient (Wildman–Crippen LogP) is 3.58. The van der Waals surface area contributed by atoms with Gasteiger partial charge in [-0.15, -0.1) is 23.1 Å². The first-order valence-corrected chi connectivity index (χ1v) is 9.40. The number of benzene rings is 1. The van der Waals surface area contributed by atoms with Crippen LogP contribution in [0.5, 0.6) is 11.5 Å². The summed E-state index contributed by atoms with van der Waals surface area (Å²) >= 11 is 2.75. The Kier molecular flexibility index (Phi) is 5.38. The van der Waals surface area contributed by atoms with Crippen LogP contribution in [-0.2, 0) is 4.79 Å². The molecule has 0 amide bonds. The molecule has 124 valence electrons. The Morgan fingerprint density at radius 2 is 2.21 bits per heavy atom. The van der Waals surface area contributed by atoms with Gasteiger partial charge in [-0.05, 0) is 25.1 Å². The molecule has 0 fully saturated rings. The van der Waals surface area contributed by atoms with Gasteiger partial charge in [-0.25, -0.2) is 4.98 Å². The van der Waals surface area contributed by atoms with Crippen molar-refractivity contribution < 1.29 is 14.3 Å². The highest BCUT2D eigenvalue weighted by atomic mass is 32.2. The van der Waals surface area contributed by atoms with Gasteiger partial charge in [0.2, 0.25) is 0 Å². The average molecular weight is 360 g/mol. The van der Waals surface area contributed by atoms with Crippen molar-refractivity contribution in [3.8, 4) is 17.6 Å². The van der Waals surface area contributed by atoms with E-state index < -0.39 is 5.92 Å². The minimum Gasteiger partial charge on any atom is -0.490 e. The minimum absolute atomic E-state index is 0.135. The molecule has 5 nitrogen and oxygen atoms in total. The van der Waals surface area contributed by atoms with Gasteiger partial charge in [-0.3, -0.25) is 4.79 Å². The van der Waals surface area contributed by atoms with Crippen LogP contribution in [0, 0.1) is 18.3 Å². The summed E-state index contributed by atoms with van der Waals surface area (Å²) in [5.74, 6) is 0.727. The third-order valence-electron chi connectivity index (χ3n) is 3.43. The molecule has 0 aliphatic carbocycles. The maximum absolute atomic E-state index is 12.4. The van der Waals surface area contributed by atoms with E-state index in [4.69, 9.17) is 9.47 Å². The zero-order valence-electron chi connectivity index (χ0n) is 13.2. The fourth-order valence-corrected chi connectivity index (χ4v) is 3.93. The van der Waals surface area contributed by atoms with Gasteiger partial charge in [0.15, 0.2) is 23.2 Å². The lowest BCUT2D eigenvalue weighted by Gasteiger charge is -2.09. The number of thiazole rings is 1. The lowest BCUT2D eigenvalue weighted by atomic mass is 10.1. The summed E-state index contributed by atoms with van der Waals surface area (Å²) in [5.41, 5.74) is 0.832. The van der Waals surface area contributed by atoms with E-state index in [0.29, 0.717) is 24.0 Å². The predicted molar refractivity (Wildman–Crippen MR) is 93.0 cm³/mol. The van der Waals surface area contributed by atoms with E-state index in [1.807, 2.05) is 30.5 Å². The number of nitriles is 1. The number of carbonyl (C=O) groups is 1. The standard InChI is InChI=1S/C17H16N2O3S2/c1-11-9-24-17(19-11)13(8-18)14(20)10-23-12-3-4-15-16(7-12)22-6-2-5-21-15/h3-4,7,9,13H,2,5-6,10H2,1H3/t13-/m1/s1. The Labute approximate surface area is 148 Å². The van der Waals surface area contributed by atoms with E-state index in [2.05, 4.69) is 11.1 Å². The van der Waals surface area contributed by atoms with Crippen molar-refractivity contribution >= 4 is 28.9 Å². The molecule has 1 aliphatic heterocycles. The average Bonchev–Trinajstić information content (AvgIpc) is 2.87. The Balaban J connectivity index is 1.65. The molecule has 3 rings (SSSR count). The van der Waals surface area contributed by atoms with Crippen molar-refractivity contribution in [1.82, 2.24) is 4.98 Å². The van der Waals surface area contributed by atoms with Crippen LogP contribution in [-0.4, -0.2) is 29.7 Å². The number of ketones is 1. The highest BCUT2D eigenvalue weighted by molar-refractivity contribution is 8.00. The van der Waals surface area contributed by atoms with Crippen LogP contribution in [0.4, 0.5) is 0 Å². The Morgan fingerprint density at radius 1 is 1.42 bits per heavy atom. The molecule has 2 heterocycles. The number of hydrogen-bond donors (Lipinski definition) is 0. The molecular weight excluding hydrogens is 344 g/mol. The third-order valence-corrected chi connectivity index (χ3v) is 5.48. The number of nitrogens with zero attached hydrogens (tertiary/aromatic N) is 2. The number of ether oxygens (including phenoxy) is 2. The number of carbonyl (C=O) groups excluding carboxylic acids is 1. The van der Waals surface area contributed by atoms with Crippen molar-refractivity contribution in [2.24, 2.45) is 0 Å². The SMILES string of the molecule is Cc1csc([C@H](C#N)C(=O)CSc2ccc3c(c2)OCCCO3)n1. The first kappa shape index (κ1) is 16.8. The second-order valence-electron chi connectivity index (χ2n) is 5.30. The quantitative estimate of drug-likeness (QED) is 0.759. The first-order chi connectivity index (χ1) is 11.7. The largest absolute Gasteiger partial charge is 0.490 e. The minimum atomic E-state index is -0.795. The number of thioether (sulfide) groups is 1. The van der Waals surface area contributed by atoms with E-state index in [9.17, 15) is 10.1 Å². The number of aromatic nitrogens is 1. The molecule has 1 aliphatic rings. The summed E-state index contributed by atoms with van der Waals surface area (Å²) in [4.78, 5) is 17.5. The molecule has 0 spiro atoms. The van der Waals surface area contributed by atoms with Crippen molar-refractivity contribution in [2.75, 3.05) is 19.0 Å². The fourth-order valence-electron chi connectivity index (χ4n) is 2.24. The number of aryl methyl sites for hydroxylation is 1. The molecule has 1 aromatic carbocycles. The van der Waals surface area contributed by atoms with E-state index in [-0.39, 0.29) is 11.5 Å². The highest BCUT2D eigenvalue weighted by Crippen LogP contribution is 2.34. The molecule has 2 aromatic rings. The second-order valence-corrected chi connectivity index (χ2v) is 7.24. The summed E-state index contributed by atoms with van der Waals surface area (Å²) in [6, 6.07) is 7.71. The summed E-state index contributed by atoms with van der Waals surface area (Å²) in [5, 5.41) is 11.7. The molecule has 1 atom stereocenters. The van der Waals surface area contributed by atoms with Gasteiger partial charge in [0.1, 0.15) is 5.01 Å². The van der Waals surface area contributed by atoms with Crippen LogP contribution < -0.4 is 9.47 Å². The topological polar surface area (TPSA) is 72.2 Å². The smallest absolute Gasteiger partial charge is 0.167 e. The van der Waals surface area contributed by atoms with Crippen LogP contribution >= 0.6 is 23.1 Å². The van der Waals surface area contributed by atoms with E-state index >= 15 is 0 Å². The zero-order valence-corrected chi connectivity index (χ0v) is 14.8. The first-order valence-electron chi connectivity index (χ1n) is 7.54. The molecule has 7 heteroatoms. The lowest BCUT2D eigenvalue weighted by molar-refractivity contribution is -0.116. The van der Waals surface area contributed by atoms with E-state index in [0.717, 1.165) is 22.8 Å². The van der Waals surface area contributed by atoms with Crippen molar-refractivity contribution in [1.29, 1.82) is 5.26 Å². The molecule has 0 radical (unpaired) electrons. The summed E-state index contributed by atoms with van der Waals surface area (Å²) in [6.07, 6.45) is 0.854. The maximum atomic E-state index is 12.4. The highest BCUT2D eigenvalue weighted by Gasteiger charge is 2.23. The molecule has 0 N–H and O–H groups in total. The molecule has 1 aromatic heterocycles. The molecule has 0 saturated heterocycles. The van der Waals surface area contributed by atoms with Gasteiger partial charge in [-0.1, -0.05) is 0 Å². The molecular formula is C17H16N2O3S2. The van der Waals surface area contributed by atoms with E-state index in [1.54, 1.807) is 0 Å². The molecule has 0 bridgehead atoms. The summed E-state index contributed by atoms with van der Waals surface area (Å²) in [7, 11) is 0. The zero-order chi connectivity index (χ0) is 16.9. The van der Waals surface area contributed by atoms with Gasteiger partial charge >= 0.3 is 0 Å². The second kappa shape index (κ2) is 7.69. The normalized spacial score (nSPS) is 14.5. The number of Topliss-reactive ketones (excluding diaryl/α,β-unsaturated/α-hetero) is 1. The maximum Gasteiger partial charge on any atom is 0.167 e. The van der Waals surface area contributed by atoms with Crippen molar-refractivity contribution in [3.63, 3.8) is 0 Å². The lowest BCUT2D eigenvalue weighted by Crippen LogP contribution is -2.13. The molecule has 0 unspecified atom stereocenters. The Bertz CT molecular complexity index is 782. The van der Waals surface area contributed by atoms with Crippen LogP contribution in [0.25, 0.3) is 0 Å². The monoisotopic (exact) mass is 360 g/mol. The number of fused-ring (bicyclic) bond motifs is 1. The van der Waals surface area contributed by atoms with Crippen molar-refractivity contribution in [3.05, 3.63) is 34.3 Å². The Morgan fingerprint density at radius 3 is 2.92 bits per heavy atom. The summed E-state index contributed by atoms with van der Waals surface area (Å²) < 4.78 is 11.2. The van der Waals surface area contributed by atoms with Crippen LogP contribution in [0.15, 0.2) is 28.5 Å².